The van der Waals surface area contributed by atoms with Crippen molar-refractivity contribution in [2.75, 3.05) is 11.9 Å². The minimum absolute atomic E-state index is 0.0460. The van der Waals surface area contributed by atoms with Crippen LogP contribution < -0.4 is 5.32 Å². The molecule has 140 valence electrons. The number of fused-ring (bicyclic) bond motifs is 1. The van der Waals surface area contributed by atoms with Gasteiger partial charge in [0.1, 0.15) is 0 Å². The Balaban J connectivity index is 1.49. The third kappa shape index (κ3) is 3.35. The van der Waals surface area contributed by atoms with Crippen molar-refractivity contribution in [3.8, 4) is 0 Å². The second-order valence-corrected chi connectivity index (χ2v) is 8.10. The van der Waals surface area contributed by atoms with Gasteiger partial charge in [-0.25, -0.2) is 0 Å². The number of carboxylic acid groups (broad SMARTS) is 1. The molecule has 2 amide bonds. The van der Waals surface area contributed by atoms with E-state index in [0.29, 0.717) is 36.3 Å². The molecule has 1 fully saturated rings. The van der Waals surface area contributed by atoms with Crippen molar-refractivity contribution in [1.29, 1.82) is 0 Å². The molecule has 1 aromatic heterocycles. The second-order valence-electron chi connectivity index (χ2n) is 7.10. The zero-order chi connectivity index (χ0) is 19.1. The first-order chi connectivity index (χ1) is 13.0. The lowest BCUT2D eigenvalue weighted by Crippen LogP contribution is -2.35. The number of rotatable bonds is 4. The summed E-state index contributed by atoms with van der Waals surface area (Å²) in [5.74, 6) is -2.36. The fourth-order valence-corrected chi connectivity index (χ4v) is 4.47. The van der Waals surface area contributed by atoms with Crippen LogP contribution in [0.2, 0.25) is 0 Å². The van der Waals surface area contributed by atoms with Crippen LogP contribution in [0.3, 0.4) is 0 Å². The highest BCUT2D eigenvalue weighted by molar-refractivity contribution is 7.10. The van der Waals surface area contributed by atoms with Gasteiger partial charge in [-0.2, -0.15) is 0 Å². The second kappa shape index (κ2) is 6.81. The number of hydrogen-bond acceptors (Lipinski definition) is 4. The first-order valence-electron chi connectivity index (χ1n) is 8.93. The van der Waals surface area contributed by atoms with Crippen molar-refractivity contribution in [2.45, 2.75) is 26.3 Å². The lowest BCUT2D eigenvalue weighted by Gasteiger charge is -2.28. The molecule has 2 atom stereocenters. The summed E-state index contributed by atoms with van der Waals surface area (Å²) in [6.45, 7) is 3.10. The Kier molecular flexibility index (Phi) is 4.47. The molecule has 1 saturated carbocycles. The van der Waals surface area contributed by atoms with E-state index in [1.165, 1.54) is 10.4 Å². The summed E-state index contributed by atoms with van der Waals surface area (Å²) >= 11 is 1.73. The maximum atomic E-state index is 13.0. The summed E-state index contributed by atoms with van der Waals surface area (Å²) in [5, 5.41) is 13.8. The van der Waals surface area contributed by atoms with Gasteiger partial charge in [-0.3, -0.25) is 14.4 Å². The van der Waals surface area contributed by atoms with E-state index in [9.17, 15) is 14.4 Å². The maximum absolute atomic E-state index is 13.0. The molecule has 2 aliphatic rings. The minimum atomic E-state index is -0.936. The van der Waals surface area contributed by atoms with Crippen molar-refractivity contribution < 1.29 is 19.5 Å². The summed E-state index contributed by atoms with van der Waals surface area (Å²) in [4.78, 5) is 39.4. The monoisotopic (exact) mass is 384 g/mol. The molecule has 0 radical (unpaired) electrons. The SMILES string of the molecule is Cc1c(NC(=O)C2CC2C(=O)O)cccc1C(=O)N1CCc2sccc2C1. The van der Waals surface area contributed by atoms with Crippen LogP contribution in [0.15, 0.2) is 29.6 Å². The van der Waals surface area contributed by atoms with Crippen molar-refractivity contribution in [3.05, 3.63) is 51.2 Å². The number of thiophene rings is 1. The number of benzene rings is 1. The molecule has 1 aromatic carbocycles. The fraction of sp³-hybridized carbons (Fsp3) is 0.350. The van der Waals surface area contributed by atoms with Crippen molar-refractivity contribution in [2.24, 2.45) is 11.8 Å². The van der Waals surface area contributed by atoms with Crippen LogP contribution in [-0.2, 0) is 22.6 Å². The van der Waals surface area contributed by atoms with Gasteiger partial charge in [0.2, 0.25) is 5.91 Å². The molecule has 2 heterocycles. The molecule has 0 bridgehead atoms. The Morgan fingerprint density at radius 1 is 1.22 bits per heavy atom. The molecule has 0 saturated heterocycles. The first-order valence-corrected chi connectivity index (χ1v) is 9.81. The largest absolute Gasteiger partial charge is 0.481 e. The molecule has 2 aromatic rings. The standard InChI is InChI=1S/C20H20N2O4S/c1-11-13(19(24)22-7-5-17-12(10-22)6-8-27-17)3-2-4-16(11)21-18(23)14-9-15(14)20(25)26/h2-4,6,8,14-15H,5,7,9-10H2,1H3,(H,21,23)(H,25,26). The molecule has 6 nitrogen and oxygen atoms in total. The molecule has 4 rings (SSSR count). The van der Waals surface area contributed by atoms with E-state index in [1.54, 1.807) is 29.5 Å². The quantitative estimate of drug-likeness (QED) is 0.849. The average Bonchev–Trinajstić information content (AvgIpc) is 3.33. The normalized spacial score (nSPS) is 20.7. The van der Waals surface area contributed by atoms with E-state index in [2.05, 4.69) is 16.8 Å². The Bertz CT molecular complexity index is 936. The van der Waals surface area contributed by atoms with Crippen LogP contribution in [0.1, 0.15) is 32.8 Å². The highest BCUT2D eigenvalue weighted by atomic mass is 32.1. The highest BCUT2D eigenvalue weighted by Crippen LogP contribution is 2.39. The molecular weight excluding hydrogens is 364 g/mol. The number of anilines is 1. The third-order valence-corrected chi connectivity index (χ3v) is 6.38. The average molecular weight is 384 g/mol. The molecule has 27 heavy (non-hydrogen) atoms. The van der Waals surface area contributed by atoms with Gasteiger partial charge in [0, 0.05) is 29.2 Å². The van der Waals surface area contributed by atoms with Crippen molar-refractivity contribution >= 4 is 34.8 Å². The van der Waals surface area contributed by atoms with E-state index in [-0.39, 0.29) is 11.8 Å². The number of carboxylic acids is 1. The number of hydrogen-bond donors (Lipinski definition) is 2. The number of carbonyl (C=O) groups is 3. The molecule has 1 aliphatic heterocycles. The zero-order valence-corrected chi connectivity index (χ0v) is 15.7. The summed E-state index contributed by atoms with van der Waals surface area (Å²) in [6, 6.07) is 7.33. The number of nitrogens with zero attached hydrogens (tertiary/aromatic N) is 1. The summed E-state index contributed by atoms with van der Waals surface area (Å²) in [6.07, 6.45) is 1.24. The molecule has 1 aliphatic carbocycles. The van der Waals surface area contributed by atoms with Gasteiger partial charge in [-0.05, 0) is 54.5 Å². The smallest absolute Gasteiger partial charge is 0.307 e. The molecular formula is C20H20N2O4S. The van der Waals surface area contributed by atoms with E-state index < -0.39 is 17.8 Å². The molecule has 7 heteroatoms. The van der Waals surface area contributed by atoms with Gasteiger partial charge in [-0.15, -0.1) is 11.3 Å². The minimum Gasteiger partial charge on any atom is -0.481 e. The van der Waals surface area contributed by atoms with Crippen molar-refractivity contribution in [1.82, 2.24) is 4.90 Å². The van der Waals surface area contributed by atoms with Gasteiger partial charge >= 0.3 is 5.97 Å². The van der Waals surface area contributed by atoms with Gasteiger partial charge in [0.25, 0.3) is 5.91 Å². The fourth-order valence-electron chi connectivity index (χ4n) is 3.58. The van der Waals surface area contributed by atoms with Gasteiger partial charge < -0.3 is 15.3 Å². The highest BCUT2D eigenvalue weighted by Gasteiger charge is 2.48. The van der Waals surface area contributed by atoms with Gasteiger partial charge in [0.05, 0.1) is 11.8 Å². The van der Waals surface area contributed by atoms with E-state index in [0.717, 1.165) is 6.42 Å². The van der Waals surface area contributed by atoms with Crippen LogP contribution in [0.5, 0.6) is 0 Å². The first kappa shape index (κ1) is 17.7. The third-order valence-electron chi connectivity index (χ3n) is 5.36. The summed E-state index contributed by atoms with van der Waals surface area (Å²) in [5.41, 5.74) is 3.04. The van der Waals surface area contributed by atoms with Crippen LogP contribution in [-0.4, -0.2) is 34.3 Å². The van der Waals surface area contributed by atoms with E-state index in [1.807, 2.05) is 11.8 Å². The summed E-state index contributed by atoms with van der Waals surface area (Å²) in [7, 11) is 0. The van der Waals surface area contributed by atoms with Crippen LogP contribution in [0, 0.1) is 18.8 Å². The van der Waals surface area contributed by atoms with Crippen LogP contribution in [0.25, 0.3) is 0 Å². The zero-order valence-electron chi connectivity index (χ0n) is 14.9. The number of aliphatic carboxylic acids is 1. The van der Waals surface area contributed by atoms with Gasteiger partial charge in [-0.1, -0.05) is 6.07 Å². The topological polar surface area (TPSA) is 86.7 Å². The molecule has 0 spiro atoms. The van der Waals surface area contributed by atoms with E-state index in [4.69, 9.17) is 5.11 Å². The number of carbonyl (C=O) groups excluding carboxylic acids is 2. The van der Waals surface area contributed by atoms with Crippen LogP contribution in [0.4, 0.5) is 5.69 Å². The molecule has 2 unspecified atom stereocenters. The Morgan fingerprint density at radius 2 is 2.04 bits per heavy atom. The Labute approximate surface area is 160 Å². The van der Waals surface area contributed by atoms with Crippen molar-refractivity contribution in [3.63, 3.8) is 0 Å². The lowest BCUT2D eigenvalue weighted by molar-refractivity contribution is -0.139. The Hall–Kier alpha value is -2.67. The van der Waals surface area contributed by atoms with Gasteiger partial charge in [0.15, 0.2) is 0 Å². The maximum Gasteiger partial charge on any atom is 0.307 e. The predicted molar refractivity (Wildman–Crippen MR) is 102 cm³/mol. The number of nitrogens with one attached hydrogen (secondary N) is 1. The Morgan fingerprint density at radius 3 is 2.78 bits per heavy atom. The van der Waals surface area contributed by atoms with E-state index >= 15 is 0 Å². The van der Waals surface area contributed by atoms with Crippen LogP contribution >= 0.6 is 11.3 Å². The molecule has 2 N–H and O–H groups in total. The number of amides is 2. The predicted octanol–water partition coefficient (Wildman–Crippen LogP) is 2.91. The summed E-state index contributed by atoms with van der Waals surface area (Å²) < 4.78 is 0. The lowest BCUT2D eigenvalue weighted by atomic mass is 10.0.